The van der Waals surface area contributed by atoms with E-state index >= 15 is 0 Å². The van der Waals surface area contributed by atoms with E-state index < -0.39 is 12.0 Å². The molecular weight excluding hydrogens is 188 g/mol. The van der Waals surface area contributed by atoms with Gasteiger partial charge in [-0.1, -0.05) is 0 Å². The molecule has 14 heavy (non-hydrogen) atoms. The number of ether oxygens (including phenoxy) is 1. The predicted molar refractivity (Wildman–Crippen MR) is 48.0 cm³/mol. The van der Waals surface area contributed by atoms with Crippen molar-refractivity contribution in [2.45, 2.75) is 18.9 Å². The quantitative estimate of drug-likeness (QED) is 0.578. The topological polar surface area (TPSA) is 87.7 Å². The van der Waals surface area contributed by atoms with Gasteiger partial charge in [0, 0.05) is 6.61 Å². The van der Waals surface area contributed by atoms with Gasteiger partial charge in [0.1, 0.15) is 6.54 Å². The SMILES string of the molecule is O=C(O)CNC(=O)NC1CCCOC1. The number of carbonyl (C=O) groups excluding carboxylic acids is 1. The van der Waals surface area contributed by atoms with E-state index in [4.69, 9.17) is 9.84 Å². The second-order valence-corrected chi connectivity index (χ2v) is 3.13. The molecule has 0 spiro atoms. The second-order valence-electron chi connectivity index (χ2n) is 3.13. The lowest BCUT2D eigenvalue weighted by Crippen LogP contribution is -2.46. The standard InChI is InChI=1S/C8H14N2O4/c11-7(12)4-9-8(13)10-6-2-1-3-14-5-6/h6H,1-5H2,(H,11,12)(H2,9,10,13). The first-order chi connectivity index (χ1) is 6.68. The molecule has 1 rings (SSSR count). The molecule has 0 bridgehead atoms. The lowest BCUT2D eigenvalue weighted by molar-refractivity contribution is -0.135. The zero-order valence-electron chi connectivity index (χ0n) is 7.78. The average Bonchev–Trinajstić information content (AvgIpc) is 2.16. The van der Waals surface area contributed by atoms with Gasteiger partial charge in [0.2, 0.25) is 0 Å². The van der Waals surface area contributed by atoms with Crippen molar-refractivity contribution in [1.82, 2.24) is 10.6 Å². The van der Waals surface area contributed by atoms with Crippen LogP contribution >= 0.6 is 0 Å². The van der Waals surface area contributed by atoms with Crippen LogP contribution in [0.2, 0.25) is 0 Å². The molecule has 80 valence electrons. The number of carboxylic acid groups (broad SMARTS) is 1. The van der Waals surface area contributed by atoms with E-state index in [2.05, 4.69) is 10.6 Å². The fraction of sp³-hybridized carbons (Fsp3) is 0.750. The van der Waals surface area contributed by atoms with Crippen LogP contribution < -0.4 is 10.6 Å². The minimum absolute atomic E-state index is 0.00227. The van der Waals surface area contributed by atoms with Crippen LogP contribution in [0.1, 0.15) is 12.8 Å². The van der Waals surface area contributed by atoms with Crippen molar-refractivity contribution in [2.75, 3.05) is 19.8 Å². The van der Waals surface area contributed by atoms with Crippen LogP contribution in [0.5, 0.6) is 0 Å². The fourth-order valence-corrected chi connectivity index (χ4v) is 1.25. The van der Waals surface area contributed by atoms with Gasteiger partial charge in [-0.15, -0.1) is 0 Å². The minimum Gasteiger partial charge on any atom is -0.480 e. The molecule has 0 aromatic rings. The zero-order chi connectivity index (χ0) is 10.4. The van der Waals surface area contributed by atoms with Gasteiger partial charge in [0.15, 0.2) is 0 Å². The van der Waals surface area contributed by atoms with Gasteiger partial charge in [-0.25, -0.2) is 4.79 Å². The molecule has 0 aliphatic carbocycles. The van der Waals surface area contributed by atoms with Gasteiger partial charge in [-0.2, -0.15) is 0 Å². The van der Waals surface area contributed by atoms with Crippen molar-refractivity contribution in [3.05, 3.63) is 0 Å². The Balaban J connectivity index is 2.15. The van der Waals surface area contributed by atoms with E-state index in [0.29, 0.717) is 6.61 Å². The predicted octanol–water partition coefficient (Wildman–Crippen LogP) is -0.451. The Morgan fingerprint density at radius 3 is 2.86 bits per heavy atom. The number of carbonyl (C=O) groups is 2. The number of urea groups is 1. The number of nitrogens with one attached hydrogen (secondary N) is 2. The van der Waals surface area contributed by atoms with E-state index in [1.54, 1.807) is 0 Å². The highest BCUT2D eigenvalue weighted by Gasteiger charge is 2.15. The monoisotopic (exact) mass is 202 g/mol. The van der Waals surface area contributed by atoms with Crippen molar-refractivity contribution < 1.29 is 19.4 Å². The first kappa shape index (κ1) is 10.8. The normalized spacial score (nSPS) is 21.3. The van der Waals surface area contributed by atoms with Crippen molar-refractivity contribution >= 4 is 12.0 Å². The first-order valence-corrected chi connectivity index (χ1v) is 4.52. The Bertz CT molecular complexity index is 213. The lowest BCUT2D eigenvalue weighted by atomic mass is 10.1. The molecule has 0 saturated carbocycles. The van der Waals surface area contributed by atoms with Gasteiger partial charge in [-0.3, -0.25) is 4.79 Å². The van der Waals surface area contributed by atoms with E-state index in [1.807, 2.05) is 0 Å². The lowest BCUT2D eigenvalue weighted by Gasteiger charge is -2.22. The second kappa shape index (κ2) is 5.43. The summed E-state index contributed by atoms with van der Waals surface area (Å²) >= 11 is 0. The Morgan fingerprint density at radius 2 is 2.29 bits per heavy atom. The van der Waals surface area contributed by atoms with Crippen LogP contribution in [-0.4, -0.2) is 42.9 Å². The van der Waals surface area contributed by atoms with Crippen molar-refractivity contribution in [1.29, 1.82) is 0 Å². The maximum Gasteiger partial charge on any atom is 0.323 e. The fourth-order valence-electron chi connectivity index (χ4n) is 1.25. The molecule has 2 amide bonds. The summed E-state index contributed by atoms with van der Waals surface area (Å²) in [5, 5.41) is 13.2. The van der Waals surface area contributed by atoms with Crippen LogP contribution in [0.3, 0.4) is 0 Å². The number of aliphatic carboxylic acids is 1. The Morgan fingerprint density at radius 1 is 1.50 bits per heavy atom. The zero-order valence-corrected chi connectivity index (χ0v) is 7.78. The van der Waals surface area contributed by atoms with E-state index in [-0.39, 0.29) is 12.6 Å². The van der Waals surface area contributed by atoms with Crippen LogP contribution in [0.4, 0.5) is 4.79 Å². The maximum absolute atomic E-state index is 11.1. The van der Waals surface area contributed by atoms with Gasteiger partial charge in [0.25, 0.3) is 0 Å². The van der Waals surface area contributed by atoms with Crippen molar-refractivity contribution in [3.63, 3.8) is 0 Å². The summed E-state index contributed by atoms with van der Waals surface area (Å²) in [4.78, 5) is 21.2. The number of rotatable bonds is 3. The summed E-state index contributed by atoms with van der Waals surface area (Å²) in [6.45, 7) is 0.870. The van der Waals surface area contributed by atoms with Crippen LogP contribution in [-0.2, 0) is 9.53 Å². The summed E-state index contributed by atoms with van der Waals surface area (Å²) in [6, 6.07) is -0.458. The highest BCUT2D eigenvalue weighted by molar-refractivity contribution is 5.79. The molecule has 1 fully saturated rings. The van der Waals surface area contributed by atoms with Gasteiger partial charge in [-0.05, 0) is 12.8 Å². The molecular formula is C8H14N2O4. The summed E-state index contributed by atoms with van der Waals surface area (Å²) in [7, 11) is 0. The third-order valence-electron chi connectivity index (χ3n) is 1.90. The largest absolute Gasteiger partial charge is 0.480 e. The van der Waals surface area contributed by atoms with Gasteiger partial charge in [0.05, 0.1) is 12.6 Å². The highest BCUT2D eigenvalue weighted by atomic mass is 16.5. The number of hydrogen-bond donors (Lipinski definition) is 3. The molecule has 1 aliphatic rings. The minimum atomic E-state index is -1.06. The summed E-state index contributed by atoms with van der Waals surface area (Å²) in [6.07, 6.45) is 1.80. The number of carboxylic acids is 1. The third kappa shape index (κ3) is 4.08. The molecule has 1 heterocycles. The average molecular weight is 202 g/mol. The highest BCUT2D eigenvalue weighted by Crippen LogP contribution is 2.04. The van der Waals surface area contributed by atoms with Gasteiger partial charge >= 0.3 is 12.0 Å². The summed E-state index contributed by atoms with van der Waals surface area (Å²) in [5.41, 5.74) is 0. The van der Waals surface area contributed by atoms with Crippen LogP contribution in [0, 0.1) is 0 Å². The Labute approximate surface area is 81.6 Å². The molecule has 1 aliphatic heterocycles. The smallest absolute Gasteiger partial charge is 0.323 e. The molecule has 6 heteroatoms. The molecule has 1 unspecified atom stereocenters. The molecule has 0 radical (unpaired) electrons. The maximum atomic E-state index is 11.1. The van der Waals surface area contributed by atoms with E-state index in [0.717, 1.165) is 19.4 Å². The molecule has 0 aromatic heterocycles. The van der Waals surface area contributed by atoms with E-state index in [9.17, 15) is 9.59 Å². The summed E-state index contributed by atoms with van der Waals surface area (Å²) < 4.78 is 5.15. The van der Waals surface area contributed by atoms with Crippen molar-refractivity contribution in [2.24, 2.45) is 0 Å². The van der Waals surface area contributed by atoms with Crippen molar-refractivity contribution in [3.8, 4) is 0 Å². The van der Waals surface area contributed by atoms with Gasteiger partial charge < -0.3 is 20.5 Å². The van der Waals surface area contributed by atoms with E-state index in [1.165, 1.54) is 0 Å². The Hall–Kier alpha value is -1.30. The molecule has 1 atom stereocenters. The Kier molecular flexibility index (Phi) is 4.18. The van der Waals surface area contributed by atoms with Crippen LogP contribution in [0.15, 0.2) is 0 Å². The number of hydrogen-bond acceptors (Lipinski definition) is 3. The summed E-state index contributed by atoms with van der Waals surface area (Å²) in [5.74, 6) is -1.06. The molecule has 3 N–H and O–H groups in total. The molecule has 0 aromatic carbocycles. The molecule has 6 nitrogen and oxygen atoms in total. The number of amides is 2. The van der Waals surface area contributed by atoms with Crippen LogP contribution in [0.25, 0.3) is 0 Å². The molecule has 1 saturated heterocycles. The first-order valence-electron chi connectivity index (χ1n) is 4.52. The third-order valence-corrected chi connectivity index (χ3v) is 1.90.